The highest BCUT2D eigenvalue weighted by Gasteiger charge is 2.04. The van der Waals surface area contributed by atoms with Gasteiger partial charge in [0.15, 0.2) is 6.29 Å². The lowest BCUT2D eigenvalue weighted by atomic mass is 10.2. The Labute approximate surface area is 109 Å². The smallest absolute Gasteiger partial charge is 0.153 e. The van der Waals surface area contributed by atoms with E-state index in [9.17, 15) is 9.18 Å². The molecule has 0 N–H and O–H groups in total. The van der Waals surface area contributed by atoms with Crippen molar-refractivity contribution in [1.29, 1.82) is 0 Å². The topological polar surface area (TPSA) is 26.3 Å². The molecule has 4 heteroatoms. The van der Waals surface area contributed by atoms with Crippen molar-refractivity contribution in [1.82, 2.24) is 0 Å². The van der Waals surface area contributed by atoms with Crippen molar-refractivity contribution in [2.45, 2.75) is 6.61 Å². The molecule has 0 atom stereocenters. The van der Waals surface area contributed by atoms with Gasteiger partial charge in [0.05, 0.1) is 5.56 Å². The average Bonchev–Trinajstić information content (AvgIpc) is 2.39. The number of hydrogen-bond acceptors (Lipinski definition) is 2. The van der Waals surface area contributed by atoms with E-state index < -0.39 is 5.82 Å². The highest BCUT2D eigenvalue weighted by Crippen LogP contribution is 2.19. The molecule has 0 saturated heterocycles. The molecule has 2 nitrogen and oxygen atoms in total. The number of benzene rings is 2. The van der Waals surface area contributed by atoms with Gasteiger partial charge in [-0.2, -0.15) is 0 Å². The van der Waals surface area contributed by atoms with Crippen LogP contribution in [0.25, 0.3) is 0 Å². The zero-order valence-electron chi connectivity index (χ0n) is 9.40. The first-order valence-electron chi connectivity index (χ1n) is 5.31. The van der Waals surface area contributed by atoms with Gasteiger partial charge >= 0.3 is 0 Å². The van der Waals surface area contributed by atoms with Crippen molar-refractivity contribution >= 4 is 17.9 Å². The highest BCUT2D eigenvalue weighted by molar-refractivity contribution is 6.30. The van der Waals surface area contributed by atoms with Crippen LogP contribution in [0.3, 0.4) is 0 Å². The summed E-state index contributed by atoms with van der Waals surface area (Å²) in [5, 5.41) is 0.647. The van der Waals surface area contributed by atoms with Crippen LogP contribution < -0.4 is 4.74 Å². The Morgan fingerprint density at radius 2 is 1.89 bits per heavy atom. The molecule has 0 saturated carbocycles. The first kappa shape index (κ1) is 12.6. The van der Waals surface area contributed by atoms with Gasteiger partial charge in [0.2, 0.25) is 0 Å². The number of carbonyl (C=O) groups is 1. The molecule has 0 aromatic heterocycles. The summed E-state index contributed by atoms with van der Waals surface area (Å²) in [6.45, 7) is 0.295. The lowest BCUT2D eigenvalue weighted by molar-refractivity contribution is 0.111. The van der Waals surface area contributed by atoms with Crippen molar-refractivity contribution in [2.24, 2.45) is 0 Å². The van der Waals surface area contributed by atoms with Gasteiger partial charge < -0.3 is 4.74 Å². The van der Waals surface area contributed by atoms with E-state index in [0.717, 1.165) is 11.6 Å². The molecular weight excluding hydrogens is 255 g/mol. The van der Waals surface area contributed by atoms with Gasteiger partial charge in [0.25, 0.3) is 0 Å². The van der Waals surface area contributed by atoms with Crippen LogP contribution in [0.5, 0.6) is 5.75 Å². The van der Waals surface area contributed by atoms with Crippen molar-refractivity contribution in [3.63, 3.8) is 0 Å². The molecule has 0 spiro atoms. The molecule has 2 aromatic carbocycles. The fourth-order valence-corrected chi connectivity index (χ4v) is 1.61. The fraction of sp³-hybridized carbons (Fsp3) is 0.0714. The largest absolute Gasteiger partial charge is 0.488 e. The molecule has 2 aromatic rings. The minimum absolute atomic E-state index is 0.198. The number of rotatable bonds is 4. The molecule has 2 rings (SSSR count). The standard InChI is InChI=1S/C14H10ClFO2/c15-12-3-1-10(2-4-12)9-18-14-6-5-13(16)7-11(14)8-17/h1-8H,9H2. The van der Waals surface area contributed by atoms with Crippen molar-refractivity contribution in [3.8, 4) is 5.75 Å². The predicted molar refractivity (Wildman–Crippen MR) is 67.6 cm³/mol. The van der Waals surface area contributed by atoms with Gasteiger partial charge in [0, 0.05) is 5.02 Å². The third-order valence-electron chi connectivity index (χ3n) is 2.41. The molecule has 0 amide bonds. The van der Waals surface area contributed by atoms with Gasteiger partial charge in [-0.05, 0) is 35.9 Å². The molecule has 0 fully saturated rings. The summed E-state index contributed by atoms with van der Waals surface area (Å²) in [7, 11) is 0. The van der Waals surface area contributed by atoms with Gasteiger partial charge in [-0.25, -0.2) is 4.39 Å². The Kier molecular flexibility index (Phi) is 3.95. The minimum atomic E-state index is -0.462. The Balaban J connectivity index is 2.10. The number of halogens is 2. The van der Waals surface area contributed by atoms with E-state index in [0.29, 0.717) is 23.7 Å². The SMILES string of the molecule is O=Cc1cc(F)ccc1OCc1ccc(Cl)cc1. The van der Waals surface area contributed by atoms with Crippen LogP contribution in [0.1, 0.15) is 15.9 Å². The van der Waals surface area contributed by atoms with Crippen molar-refractivity contribution in [2.75, 3.05) is 0 Å². The fourth-order valence-electron chi connectivity index (χ4n) is 1.48. The summed E-state index contributed by atoms with van der Waals surface area (Å²) < 4.78 is 18.4. The normalized spacial score (nSPS) is 10.1. The van der Waals surface area contributed by atoms with E-state index >= 15 is 0 Å². The lowest BCUT2D eigenvalue weighted by Gasteiger charge is -2.08. The van der Waals surface area contributed by atoms with Crippen LogP contribution in [0.2, 0.25) is 5.02 Å². The second kappa shape index (κ2) is 5.65. The molecule has 0 bridgehead atoms. The van der Waals surface area contributed by atoms with Gasteiger partial charge in [-0.3, -0.25) is 4.79 Å². The Morgan fingerprint density at radius 3 is 2.56 bits per heavy atom. The quantitative estimate of drug-likeness (QED) is 0.784. The maximum atomic E-state index is 12.9. The third kappa shape index (κ3) is 3.08. The molecular formula is C14H10ClFO2. The monoisotopic (exact) mass is 264 g/mol. The average molecular weight is 265 g/mol. The molecule has 0 aliphatic heterocycles. The first-order chi connectivity index (χ1) is 8.69. The number of aldehydes is 1. The summed E-state index contributed by atoms with van der Waals surface area (Å²) in [6, 6.07) is 11.0. The van der Waals surface area contributed by atoms with Gasteiger partial charge in [-0.1, -0.05) is 23.7 Å². The van der Waals surface area contributed by atoms with E-state index in [4.69, 9.17) is 16.3 Å². The Bertz CT molecular complexity index is 552. The Morgan fingerprint density at radius 1 is 1.17 bits per heavy atom. The molecule has 0 aliphatic rings. The second-order valence-corrected chi connectivity index (χ2v) is 4.15. The zero-order valence-corrected chi connectivity index (χ0v) is 10.2. The number of carbonyl (C=O) groups excluding carboxylic acids is 1. The highest BCUT2D eigenvalue weighted by atomic mass is 35.5. The summed E-state index contributed by atoms with van der Waals surface area (Å²) in [5.74, 6) is -0.0997. The second-order valence-electron chi connectivity index (χ2n) is 3.72. The van der Waals surface area contributed by atoms with E-state index in [1.807, 2.05) is 12.1 Å². The van der Waals surface area contributed by atoms with Gasteiger partial charge in [-0.15, -0.1) is 0 Å². The van der Waals surface area contributed by atoms with E-state index in [-0.39, 0.29) is 5.56 Å². The molecule has 0 unspecified atom stereocenters. The Hall–Kier alpha value is -1.87. The van der Waals surface area contributed by atoms with Crippen LogP contribution in [0.4, 0.5) is 4.39 Å². The van der Waals surface area contributed by atoms with E-state index in [1.54, 1.807) is 12.1 Å². The summed E-state index contributed by atoms with van der Waals surface area (Å²) in [6.07, 6.45) is 0.570. The van der Waals surface area contributed by atoms with Crippen LogP contribution in [0, 0.1) is 5.82 Å². The molecule has 18 heavy (non-hydrogen) atoms. The van der Waals surface area contributed by atoms with Crippen LogP contribution >= 0.6 is 11.6 Å². The lowest BCUT2D eigenvalue weighted by Crippen LogP contribution is -1.98. The van der Waals surface area contributed by atoms with Crippen LogP contribution in [-0.2, 0) is 6.61 Å². The van der Waals surface area contributed by atoms with E-state index in [1.165, 1.54) is 12.1 Å². The summed E-state index contributed by atoms with van der Waals surface area (Å²) in [4.78, 5) is 10.8. The van der Waals surface area contributed by atoms with Gasteiger partial charge in [0.1, 0.15) is 18.2 Å². The summed E-state index contributed by atoms with van der Waals surface area (Å²) >= 11 is 5.77. The van der Waals surface area contributed by atoms with Crippen molar-refractivity contribution < 1.29 is 13.9 Å². The molecule has 0 heterocycles. The predicted octanol–water partition coefficient (Wildman–Crippen LogP) is 3.87. The third-order valence-corrected chi connectivity index (χ3v) is 2.66. The first-order valence-corrected chi connectivity index (χ1v) is 5.69. The zero-order chi connectivity index (χ0) is 13.0. The number of hydrogen-bond donors (Lipinski definition) is 0. The van der Waals surface area contributed by atoms with Crippen molar-refractivity contribution in [3.05, 3.63) is 64.4 Å². The maximum Gasteiger partial charge on any atom is 0.153 e. The molecule has 92 valence electrons. The molecule has 0 aliphatic carbocycles. The minimum Gasteiger partial charge on any atom is -0.488 e. The number of ether oxygens (including phenoxy) is 1. The van der Waals surface area contributed by atoms with E-state index in [2.05, 4.69) is 0 Å². The summed E-state index contributed by atoms with van der Waals surface area (Å²) in [5.41, 5.74) is 1.12. The van der Waals surface area contributed by atoms with Crippen LogP contribution in [-0.4, -0.2) is 6.29 Å². The van der Waals surface area contributed by atoms with Crippen LogP contribution in [0.15, 0.2) is 42.5 Å². The molecule has 0 radical (unpaired) electrons. The maximum absolute atomic E-state index is 12.9.